The Morgan fingerprint density at radius 1 is 1.10 bits per heavy atom. The first-order chi connectivity index (χ1) is 9.42. The van der Waals surface area contributed by atoms with Gasteiger partial charge in [-0.2, -0.15) is 22.0 Å². The topological polar surface area (TPSA) is 47.6 Å². The smallest absolute Gasteiger partial charge is 0.449 e. The number of benzene rings is 1. The summed E-state index contributed by atoms with van der Waals surface area (Å²) in [5.41, 5.74) is -0.260. The number of carbonyl (C=O) groups excluding carboxylic acids is 1. The quantitative estimate of drug-likeness (QED) is 0.852. The predicted octanol–water partition coefficient (Wildman–Crippen LogP) is 3.33. The van der Waals surface area contributed by atoms with Crippen molar-refractivity contribution in [3.63, 3.8) is 0 Å². The van der Waals surface area contributed by atoms with E-state index in [9.17, 15) is 26.7 Å². The molecule has 0 aliphatic carbocycles. The number of alkyl halides is 5. The number of nitrogens with one attached hydrogen (secondary N) is 1. The lowest BCUT2D eigenvalue weighted by Crippen LogP contribution is -2.47. The van der Waals surface area contributed by atoms with Gasteiger partial charge in [0.15, 0.2) is 11.5 Å². The number of amides is 1. The minimum Gasteiger partial charge on any atom is -0.449 e. The summed E-state index contributed by atoms with van der Waals surface area (Å²) in [4.78, 5) is 11.1. The normalized spacial score (nSPS) is 16.7. The molecule has 21 heavy (non-hydrogen) atoms. The summed E-state index contributed by atoms with van der Waals surface area (Å²) in [7, 11) is 0. The monoisotopic (exact) mass is 311 g/mol. The summed E-state index contributed by atoms with van der Waals surface area (Å²) in [5.74, 6) is -8.51. The molecular weight excluding hydrogens is 301 g/mol. The lowest BCUT2D eigenvalue weighted by Gasteiger charge is -2.18. The van der Waals surface area contributed by atoms with E-state index >= 15 is 0 Å². The van der Waals surface area contributed by atoms with E-state index < -0.39 is 23.8 Å². The number of hydrogen-bond acceptors (Lipinski definition) is 3. The Balaban J connectivity index is 2.18. The van der Waals surface area contributed by atoms with Crippen LogP contribution >= 0.6 is 0 Å². The molecule has 1 aliphatic rings. The molecule has 1 heterocycles. The number of hydrogen-bond donors (Lipinski definition) is 1. The van der Waals surface area contributed by atoms with Crippen LogP contribution in [0.2, 0.25) is 0 Å². The highest BCUT2D eigenvalue weighted by Crippen LogP contribution is 2.41. The van der Waals surface area contributed by atoms with E-state index in [1.807, 2.05) is 0 Å². The average molecular weight is 311 g/mol. The van der Waals surface area contributed by atoms with E-state index in [0.29, 0.717) is 5.75 Å². The zero-order valence-corrected chi connectivity index (χ0v) is 10.8. The molecule has 0 bridgehead atoms. The van der Waals surface area contributed by atoms with Crippen LogP contribution in [0.5, 0.6) is 11.5 Å². The maximum atomic E-state index is 12.8. The fraction of sp³-hybridized carbons (Fsp3) is 0.417. The number of ether oxygens (including phenoxy) is 2. The third kappa shape index (κ3) is 2.86. The molecule has 1 amide bonds. The molecule has 1 aromatic rings. The van der Waals surface area contributed by atoms with Gasteiger partial charge in [0, 0.05) is 25.6 Å². The molecule has 2 rings (SSSR count). The number of carbonyl (C=O) groups is 1. The summed E-state index contributed by atoms with van der Waals surface area (Å²) in [5, 5.41) is 1.50. The second kappa shape index (κ2) is 4.47. The van der Waals surface area contributed by atoms with Crippen LogP contribution in [0.4, 0.5) is 27.6 Å². The van der Waals surface area contributed by atoms with Crippen LogP contribution in [0.15, 0.2) is 18.2 Å². The molecule has 0 aromatic heterocycles. The number of halogens is 5. The summed E-state index contributed by atoms with van der Waals surface area (Å²) in [6, 6.07) is 3.54. The number of fused-ring (bicyclic) bond motifs is 1. The van der Waals surface area contributed by atoms with E-state index in [1.165, 1.54) is 11.4 Å². The van der Waals surface area contributed by atoms with Gasteiger partial charge in [-0.3, -0.25) is 4.79 Å². The van der Waals surface area contributed by atoms with Gasteiger partial charge in [-0.1, -0.05) is 0 Å². The fourth-order valence-electron chi connectivity index (χ4n) is 1.64. The lowest BCUT2D eigenvalue weighted by atomic mass is 10.2. The van der Waals surface area contributed by atoms with Gasteiger partial charge in [-0.25, -0.2) is 0 Å². The average Bonchev–Trinajstić information content (AvgIpc) is 2.60. The zero-order chi connectivity index (χ0) is 16.1. The molecule has 1 N–H and O–H groups in total. The first kappa shape index (κ1) is 15.3. The van der Waals surface area contributed by atoms with Crippen LogP contribution in [-0.4, -0.2) is 23.8 Å². The van der Waals surface area contributed by atoms with Crippen LogP contribution in [0.1, 0.15) is 13.8 Å². The third-order valence-corrected chi connectivity index (χ3v) is 2.55. The van der Waals surface area contributed by atoms with Crippen molar-refractivity contribution in [2.75, 3.05) is 5.32 Å². The molecule has 0 fully saturated rings. The lowest BCUT2D eigenvalue weighted by molar-refractivity contribution is -0.267. The Kier molecular flexibility index (Phi) is 3.26. The Morgan fingerprint density at radius 2 is 1.67 bits per heavy atom. The first-order valence-corrected chi connectivity index (χ1v) is 5.70. The molecule has 0 saturated heterocycles. The van der Waals surface area contributed by atoms with Gasteiger partial charge >= 0.3 is 18.0 Å². The van der Waals surface area contributed by atoms with Gasteiger partial charge < -0.3 is 14.8 Å². The number of anilines is 1. The second-order valence-electron chi connectivity index (χ2n) is 4.79. The molecule has 0 spiro atoms. The molecular formula is C12H10F5NO3. The van der Waals surface area contributed by atoms with Gasteiger partial charge in [-0.15, -0.1) is 0 Å². The molecule has 9 heteroatoms. The standard InChI is InChI=1S/C12H10F5NO3/c1-10(2)20-7-4-3-6(5-8(7)21-10)18-9(19)11(13,14)12(15,16)17/h3-5H,1-2H3,(H,18,19). The van der Waals surface area contributed by atoms with Gasteiger partial charge in [0.05, 0.1) is 0 Å². The molecule has 0 saturated carbocycles. The van der Waals surface area contributed by atoms with Gasteiger partial charge in [0.2, 0.25) is 5.79 Å². The predicted molar refractivity (Wildman–Crippen MR) is 61.4 cm³/mol. The van der Waals surface area contributed by atoms with Crippen molar-refractivity contribution in [1.82, 2.24) is 0 Å². The molecule has 116 valence electrons. The van der Waals surface area contributed by atoms with E-state index in [0.717, 1.165) is 12.1 Å². The molecule has 4 nitrogen and oxygen atoms in total. The van der Waals surface area contributed by atoms with Crippen molar-refractivity contribution < 1.29 is 36.2 Å². The minimum absolute atomic E-state index is 0.133. The van der Waals surface area contributed by atoms with E-state index in [4.69, 9.17) is 9.47 Å². The molecule has 0 atom stereocenters. The fourth-order valence-corrected chi connectivity index (χ4v) is 1.64. The Labute approximate surface area is 115 Å². The van der Waals surface area contributed by atoms with E-state index in [1.54, 1.807) is 13.8 Å². The van der Waals surface area contributed by atoms with Crippen LogP contribution in [-0.2, 0) is 4.79 Å². The highest BCUT2D eigenvalue weighted by molar-refractivity contribution is 5.97. The molecule has 1 aliphatic heterocycles. The zero-order valence-electron chi connectivity index (χ0n) is 10.8. The maximum Gasteiger partial charge on any atom is 0.463 e. The van der Waals surface area contributed by atoms with E-state index in [-0.39, 0.29) is 11.4 Å². The van der Waals surface area contributed by atoms with Crippen molar-refractivity contribution in [2.45, 2.75) is 31.7 Å². The Bertz CT molecular complexity index is 583. The minimum atomic E-state index is -5.96. The van der Waals surface area contributed by atoms with Crippen molar-refractivity contribution in [1.29, 1.82) is 0 Å². The molecule has 1 aromatic carbocycles. The van der Waals surface area contributed by atoms with Gasteiger partial charge in [-0.05, 0) is 12.1 Å². The van der Waals surface area contributed by atoms with E-state index in [2.05, 4.69) is 0 Å². The molecule has 0 unspecified atom stereocenters. The van der Waals surface area contributed by atoms with Crippen LogP contribution in [0, 0.1) is 0 Å². The van der Waals surface area contributed by atoms with Crippen LogP contribution in [0.25, 0.3) is 0 Å². The highest BCUT2D eigenvalue weighted by atomic mass is 19.4. The first-order valence-electron chi connectivity index (χ1n) is 5.70. The Hall–Kier alpha value is -2.06. The maximum absolute atomic E-state index is 12.8. The summed E-state index contributed by atoms with van der Waals surface area (Å²) < 4.78 is 72.4. The SMILES string of the molecule is CC1(C)Oc2ccc(NC(=O)C(F)(F)C(F)(F)F)cc2O1. The van der Waals surface area contributed by atoms with Crippen LogP contribution < -0.4 is 14.8 Å². The van der Waals surface area contributed by atoms with Crippen LogP contribution in [0.3, 0.4) is 0 Å². The third-order valence-electron chi connectivity index (χ3n) is 2.55. The van der Waals surface area contributed by atoms with Gasteiger partial charge in [0.25, 0.3) is 0 Å². The van der Waals surface area contributed by atoms with Crippen molar-refractivity contribution in [2.24, 2.45) is 0 Å². The molecule has 0 radical (unpaired) electrons. The summed E-state index contributed by atoms with van der Waals surface area (Å²) in [6.07, 6.45) is -5.96. The number of rotatable bonds is 2. The van der Waals surface area contributed by atoms with Crippen molar-refractivity contribution >= 4 is 11.6 Å². The summed E-state index contributed by atoms with van der Waals surface area (Å²) >= 11 is 0. The van der Waals surface area contributed by atoms with Crippen molar-refractivity contribution in [3.8, 4) is 11.5 Å². The van der Waals surface area contributed by atoms with Crippen molar-refractivity contribution in [3.05, 3.63) is 18.2 Å². The largest absolute Gasteiger partial charge is 0.463 e. The second-order valence-corrected chi connectivity index (χ2v) is 4.79. The Morgan fingerprint density at radius 3 is 2.24 bits per heavy atom. The van der Waals surface area contributed by atoms with Gasteiger partial charge in [0.1, 0.15) is 0 Å². The summed E-state index contributed by atoms with van der Waals surface area (Å²) in [6.45, 7) is 3.17. The highest BCUT2D eigenvalue weighted by Gasteiger charge is 2.63.